The largest absolute Gasteiger partial charge is 0.478 e. The maximum Gasteiger partial charge on any atom is 0.335 e. The average molecular weight is 488 g/mol. The number of carbonyl (C=O) groups is 1. The van der Waals surface area contributed by atoms with E-state index < -0.39 is 16.0 Å². The maximum absolute atomic E-state index is 13.8. The van der Waals surface area contributed by atoms with Crippen LogP contribution in [0.15, 0.2) is 102 Å². The number of fused-ring (bicyclic) bond motifs is 1. The van der Waals surface area contributed by atoms with Gasteiger partial charge in [-0.2, -0.15) is 0 Å². The predicted octanol–water partition coefficient (Wildman–Crippen LogP) is 5.18. The van der Waals surface area contributed by atoms with Crippen LogP contribution in [0.4, 0.5) is 5.69 Å². The highest BCUT2D eigenvalue weighted by molar-refractivity contribution is 7.92. The van der Waals surface area contributed by atoms with Crippen molar-refractivity contribution >= 4 is 21.7 Å². The molecule has 0 radical (unpaired) electrons. The van der Waals surface area contributed by atoms with Gasteiger partial charge in [-0.1, -0.05) is 48.5 Å². The second kappa shape index (κ2) is 9.15. The number of nitrogens with zero attached hydrogens (tertiary/aromatic N) is 1. The Balaban J connectivity index is 1.52. The van der Waals surface area contributed by atoms with Crippen molar-refractivity contribution < 1.29 is 27.8 Å². The lowest BCUT2D eigenvalue weighted by Gasteiger charge is -2.25. The maximum atomic E-state index is 13.8. The summed E-state index contributed by atoms with van der Waals surface area (Å²) in [4.78, 5) is 11.4. The molecule has 4 aromatic rings. The number of hydrogen-bond donors (Lipinski definition) is 1. The number of carboxylic acids is 1. The van der Waals surface area contributed by atoms with Crippen LogP contribution < -0.4 is 13.8 Å². The lowest BCUT2D eigenvalue weighted by atomic mass is 10.1. The quantitative estimate of drug-likeness (QED) is 0.386. The zero-order valence-corrected chi connectivity index (χ0v) is 19.3. The third-order valence-electron chi connectivity index (χ3n) is 5.71. The van der Waals surface area contributed by atoms with Crippen LogP contribution in [0.5, 0.6) is 11.5 Å². The fraction of sp³-hybridized carbons (Fsp3) is 0.0741. The number of benzene rings is 4. The molecule has 0 atom stereocenters. The summed E-state index contributed by atoms with van der Waals surface area (Å²) in [6.07, 6.45) is 0. The molecule has 8 heteroatoms. The molecule has 0 spiro atoms. The molecule has 0 unspecified atom stereocenters. The van der Waals surface area contributed by atoms with Gasteiger partial charge in [0.25, 0.3) is 10.0 Å². The van der Waals surface area contributed by atoms with E-state index in [9.17, 15) is 18.3 Å². The normalized spacial score (nSPS) is 12.3. The van der Waals surface area contributed by atoms with Gasteiger partial charge in [0.05, 0.1) is 22.7 Å². The second-order valence-corrected chi connectivity index (χ2v) is 9.80. The molecule has 0 bridgehead atoms. The third kappa shape index (κ3) is 4.56. The molecule has 4 aromatic carbocycles. The fourth-order valence-corrected chi connectivity index (χ4v) is 5.32. The summed E-state index contributed by atoms with van der Waals surface area (Å²) in [5.41, 5.74) is 3.00. The van der Waals surface area contributed by atoms with Crippen molar-refractivity contribution in [3.05, 3.63) is 108 Å². The van der Waals surface area contributed by atoms with Gasteiger partial charge in [0, 0.05) is 0 Å². The fourth-order valence-electron chi connectivity index (χ4n) is 3.87. The van der Waals surface area contributed by atoms with E-state index in [0.29, 0.717) is 22.7 Å². The van der Waals surface area contributed by atoms with Crippen molar-refractivity contribution in [3.8, 4) is 22.6 Å². The van der Waals surface area contributed by atoms with E-state index in [1.165, 1.54) is 28.6 Å². The van der Waals surface area contributed by atoms with Crippen LogP contribution in [-0.2, 0) is 16.6 Å². The zero-order valence-electron chi connectivity index (χ0n) is 18.5. The van der Waals surface area contributed by atoms with Crippen LogP contribution >= 0.6 is 0 Å². The van der Waals surface area contributed by atoms with Gasteiger partial charge in [-0.05, 0) is 65.2 Å². The third-order valence-corrected chi connectivity index (χ3v) is 7.50. The number of sulfonamides is 1. The van der Waals surface area contributed by atoms with E-state index >= 15 is 0 Å². The molecule has 0 aromatic heterocycles. The molecule has 0 saturated heterocycles. The van der Waals surface area contributed by atoms with Gasteiger partial charge >= 0.3 is 5.97 Å². The van der Waals surface area contributed by atoms with Gasteiger partial charge in [-0.25, -0.2) is 13.2 Å². The summed E-state index contributed by atoms with van der Waals surface area (Å²) in [5, 5.41) is 9.24. The van der Waals surface area contributed by atoms with Crippen LogP contribution in [0.25, 0.3) is 11.1 Å². The highest BCUT2D eigenvalue weighted by atomic mass is 32.2. The van der Waals surface area contributed by atoms with Crippen LogP contribution in [0.3, 0.4) is 0 Å². The standard InChI is InChI=1S/C27H21NO6S/c29-27(30)22-7-11-23(12-8-22)28(17-19-6-15-25-26(16-19)34-18-33-25)35(31,32)24-13-9-21(10-14-24)20-4-2-1-3-5-20/h1-16H,17-18H2,(H,29,30). The number of carboxylic acid groups (broad SMARTS) is 1. The van der Waals surface area contributed by atoms with Gasteiger partial charge in [0.15, 0.2) is 11.5 Å². The van der Waals surface area contributed by atoms with Gasteiger partial charge in [-0.15, -0.1) is 0 Å². The van der Waals surface area contributed by atoms with Crippen LogP contribution in [0.1, 0.15) is 15.9 Å². The molecule has 1 aliphatic heterocycles. The monoisotopic (exact) mass is 487 g/mol. The summed E-state index contributed by atoms with van der Waals surface area (Å²) < 4.78 is 39.6. The molecule has 0 fully saturated rings. The Morgan fingerprint density at radius 1 is 0.800 bits per heavy atom. The smallest absolute Gasteiger partial charge is 0.335 e. The van der Waals surface area contributed by atoms with Crippen molar-refractivity contribution in [2.24, 2.45) is 0 Å². The summed E-state index contributed by atoms with van der Waals surface area (Å²) in [6.45, 7) is 0.136. The van der Waals surface area contributed by atoms with E-state index in [1.54, 1.807) is 42.5 Å². The van der Waals surface area contributed by atoms with Gasteiger partial charge < -0.3 is 14.6 Å². The van der Waals surface area contributed by atoms with Crippen molar-refractivity contribution in [1.82, 2.24) is 0 Å². The zero-order chi connectivity index (χ0) is 24.4. The Hall–Kier alpha value is -4.30. The van der Waals surface area contributed by atoms with E-state index in [2.05, 4.69) is 0 Å². The average Bonchev–Trinajstić information content (AvgIpc) is 3.36. The molecule has 7 nitrogen and oxygen atoms in total. The first-order chi connectivity index (χ1) is 16.9. The molecule has 35 heavy (non-hydrogen) atoms. The molecular weight excluding hydrogens is 466 g/mol. The first-order valence-corrected chi connectivity index (χ1v) is 12.3. The lowest BCUT2D eigenvalue weighted by Crippen LogP contribution is -2.30. The molecule has 1 N–H and O–H groups in total. The minimum atomic E-state index is -3.98. The minimum Gasteiger partial charge on any atom is -0.478 e. The molecule has 0 saturated carbocycles. The SMILES string of the molecule is O=C(O)c1ccc(N(Cc2ccc3c(c2)OCO3)S(=O)(=O)c2ccc(-c3ccccc3)cc2)cc1. The number of ether oxygens (including phenoxy) is 2. The summed E-state index contributed by atoms with van der Waals surface area (Å²) in [7, 11) is -3.98. The van der Waals surface area contributed by atoms with Gasteiger partial charge in [0.2, 0.25) is 6.79 Å². The molecule has 0 amide bonds. The van der Waals surface area contributed by atoms with E-state index in [0.717, 1.165) is 11.1 Å². The molecular formula is C27H21NO6S. The van der Waals surface area contributed by atoms with Crippen molar-refractivity contribution in [2.75, 3.05) is 11.1 Å². The molecule has 176 valence electrons. The highest BCUT2D eigenvalue weighted by Crippen LogP contribution is 2.34. The van der Waals surface area contributed by atoms with E-state index in [1.807, 2.05) is 30.3 Å². The predicted molar refractivity (Wildman–Crippen MR) is 131 cm³/mol. The molecule has 0 aliphatic carbocycles. The Morgan fingerprint density at radius 3 is 2.14 bits per heavy atom. The summed E-state index contributed by atoms with van der Waals surface area (Å²) in [6, 6.07) is 27.4. The summed E-state index contributed by atoms with van der Waals surface area (Å²) >= 11 is 0. The number of anilines is 1. The first kappa shape index (κ1) is 22.5. The molecule has 1 heterocycles. The Bertz CT molecular complexity index is 1470. The number of rotatable bonds is 7. The Morgan fingerprint density at radius 2 is 1.46 bits per heavy atom. The highest BCUT2D eigenvalue weighted by Gasteiger charge is 2.26. The van der Waals surface area contributed by atoms with Crippen LogP contribution in [-0.4, -0.2) is 26.3 Å². The van der Waals surface area contributed by atoms with Gasteiger partial charge in [-0.3, -0.25) is 4.31 Å². The van der Waals surface area contributed by atoms with Crippen LogP contribution in [0, 0.1) is 0 Å². The Kier molecular flexibility index (Phi) is 5.88. The van der Waals surface area contributed by atoms with E-state index in [-0.39, 0.29) is 23.8 Å². The van der Waals surface area contributed by atoms with Crippen molar-refractivity contribution in [1.29, 1.82) is 0 Å². The van der Waals surface area contributed by atoms with Gasteiger partial charge in [0.1, 0.15) is 0 Å². The molecule has 1 aliphatic rings. The summed E-state index contributed by atoms with van der Waals surface area (Å²) in [5.74, 6) is 0.0667. The topological polar surface area (TPSA) is 93.1 Å². The first-order valence-electron chi connectivity index (χ1n) is 10.8. The minimum absolute atomic E-state index is 0.0197. The number of aromatic carboxylic acids is 1. The van der Waals surface area contributed by atoms with Crippen molar-refractivity contribution in [3.63, 3.8) is 0 Å². The van der Waals surface area contributed by atoms with Crippen LogP contribution in [0.2, 0.25) is 0 Å². The van der Waals surface area contributed by atoms with Crippen molar-refractivity contribution in [2.45, 2.75) is 11.4 Å². The van der Waals surface area contributed by atoms with E-state index in [4.69, 9.17) is 9.47 Å². The lowest BCUT2D eigenvalue weighted by molar-refractivity contribution is 0.0697. The number of hydrogen-bond acceptors (Lipinski definition) is 5. The molecule has 5 rings (SSSR count). The Labute approximate surface area is 202 Å². The second-order valence-electron chi connectivity index (χ2n) is 7.94.